The molecule has 1 fully saturated rings. The third-order valence-corrected chi connectivity index (χ3v) is 3.44. The van der Waals surface area contributed by atoms with E-state index in [-0.39, 0.29) is 18.2 Å². The topological polar surface area (TPSA) is 79.2 Å². The summed E-state index contributed by atoms with van der Waals surface area (Å²) in [7, 11) is 0. The largest absolute Gasteiger partial charge is 0.393 e. The van der Waals surface area contributed by atoms with Crippen molar-refractivity contribution in [3.63, 3.8) is 0 Å². The van der Waals surface area contributed by atoms with E-state index in [9.17, 15) is 9.90 Å². The molecule has 1 aromatic heterocycles. The monoisotopic (exact) mass is 266 g/mol. The van der Waals surface area contributed by atoms with Crippen molar-refractivity contribution < 1.29 is 9.90 Å². The van der Waals surface area contributed by atoms with E-state index in [0.29, 0.717) is 6.54 Å². The Labute approximate surface area is 113 Å². The zero-order valence-corrected chi connectivity index (χ0v) is 11.1. The number of nitrogens with zero attached hydrogens (tertiary/aromatic N) is 2. The molecule has 0 saturated heterocycles. The maximum absolute atomic E-state index is 11.6. The first kappa shape index (κ1) is 13.9. The van der Waals surface area contributed by atoms with Crippen LogP contribution in [0.5, 0.6) is 0 Å². The number of nitrogens with one attached hydrogen (secondary N) is 2. The number of hydrogen-bond acceptors (Lipinski definition) is 3. The van der Waals surface area contributed by atoms with Crippen LogP contribution in [0.3, 0.4) is 0 Å². The van der Waals surface area contributed by atoms with Crippen LogP contribution in [0, 0.1) is 0 Å². The number of carbonyl (C=O) groups excluding carboxylic acids is 1. The zero-order valence-electron chi connectivity index (χ0n) is 11.1. The Balaban J connectivity index is 1.54. The number of aliphatic hydroxyl groups is 1. The van der Waals surface area contributed by atoms with E-state index in [1.54, 1.807) is 6.20 Å². The zero-order chi connectivity index (χ0) is 13.5. The van der Waals surface area contributed by atoms with Crippen LogP contribution in [-0.2, 0) is 6.54 Å². The molecule has 3 N–H and O–H groups in total. The van der Waals surface area contributed by atoms with E-state index < -0.39 is 0 Å². The molecule has 0 spiro atoms. The Morgan fingerprint density at radius 1 is 1.37 bits per heavy atom. The molecule has 0 radical (unpaired) electrons. The number of rotatable bonds is 5. The average Bonchev–Trinajstić information content (AvgIpc) is 2.91. The summed E-state index contributed by atoms with van der Waals surface area (Å²) in [4.78, 5) is 11.6. The highest BCUT2D eigenvalue weighted by atomic mass is 16.3. The van der Waals surface area contributed by atoms with Crippen molar-refractivity contribution in [1.82, 2.24) is 20.4 Å². The minimum absolute atomic E-state index is 0.109. The first-order valence-corrected chi connectivity index (χ1v) is 6.94. The van der Waals surface area contributed by atoms with E-state index in [0.717, 1.165) is 38.6 Å². The van der Waals surface area contributed by atoms with Gasteiger partial charge in [0.2, 0.25) is 0 Å². The molecule has 1 heterocycles. The van der Waals surface area contributed by atoms with Crippen LogP contribution >= 0.6 is 0 Å². The summed E-state index contributed by atoms with van der Waals surface area (Å²) in [5.74, 6) is 0. The second-order valence-electron chi connectivity index (χ2n) is 5.03. The lowest BCUT2D eigenvalue weighted by atomic mass is 9.93. The van der Waals surface area contributed by atoms with Crippen molar-refractivity contribution in [2.75, 3.05) is 6.54 Å². The minimum atomic E-state index is -0.185. The van der Waals surface area contributed by atoms with Crippen molar-refractivity contribution >= 4 is 6.03 Å². The number of aromatic nitrogens is 2. The first-order valence-electron chi connectivity index (χ1n) is 6.94. The summed E-state index contributed by atoms with van der Waals surface area (Å²) in [6.07, 6.45) is 7.62. The van der Waals surface area contributed by atoms with E-state index >= 15 is 0 Å². The second-order valence-corrected chi connectivity index (χ2v) is 5.03. The standard InChI is InChI=1S/C13H22N4O2/c18-12-5-3-11(4-6-12)16-13(19)14-7-1-9-17-10-2-8-15-17/h2,8,10-12,18H,1,3-7,9H2,(H2,14,16,19). The van der Waals surface area contributed by atoms with Crippen LogP contribution in [0.2, 0.25) is 0 Å². The van der Waals surface area contributed by atoms with Crippen LogP contribution in [0.4, 0.5) is 4.79 Å². The normalized spacial score (nSPS) is 23.0. The second kappa shape index (κ2) is 7.13. The Kier molecular flexibility index (Phi) is 5.20. The Morgan fingerprint density at radius 2 is 2.16 bits per heavy atom. The van der Waals surface area contributed by atoms with Gasteiger partial charge >= 0.3 is 6.03 Å². The number of aliphatic hydroxyl groups excluding tert-OH is 1. The average molecular weight is 266 g/mol. The molecule has 6 heteroatoms. The van der Waals surface area contributed by atoms with Crippen LogP contribution in [0.25, 0.3) is 0 Å². The number of amides is 2. The van der Waals surface area contributed by atoms with Gasteiger partial charge in [0.15, 0.2) is 0 Å². The van der Waals surface area contributed by atoms with Gasteiger partial charge in [-0.1, -0.05) is 0 Å². The van der Waals surface area contributed by atoms with Crippen molar-refractivity contribution in [2.45, 2.75) is 50.8 Å². The number of aryl methyl sites for hydroxylation is 1. The van der Waals surface area contributed by atoms with Crippen molar-refractivity contribution in [1.29, 1.82) is 0 Å². The Morgan fingerprint density at radius 3 is 2.84 bits per heavy atom. The lowest BCUT2D eigenvalue weighted by molar-refractivity contribution is 0.117. The maximum atomic E-state index is 11.6. The van der Waals surface area contributed by atoms with E-state index in [4.69, 9.17) is 0 Å². The summed E-state index contributed by atoms with van der Waals surface area (Å²) in [6, 6.07) is 1.98. The van der Waals surface area contributed by atoms with Crippen LogP contribution in [0.15, 0.2) is 18.5 Å². The van der Waals surface area contributed by atoms with E-state index in [1.165, 1.54) is 0 Å². The molecule has 106 valence electrons. The summed E-state index contributed by atoms with van der Waals surface area (Å²) < 4.78 is 1.85. The summed E-state index contributed by atoms with van der Waals surface area (Å²) in [5.41, 5.74) is 0. The van der Waals surface area contributed by atoms with Crippen LogP contribution in [0.1, 0.15) is 32.1 Å². The molecule has 1 aliphatic carbocycles. The van der Waals surface area contributed by atoms with Gasteiger partial charge in [0.25, 0.3) is 0 Å². The molecule has 2 rings (SSSR count). The molecule has 1 saturated carbocycles. The predicted molar refractivity (Wildman–Crippen MR) is 71.6 cm³/mol. The predicted octanol–water partition coefficient (Wildman–Crippen LogP) is 0.876. The molecule has 2 amide bonds. The van der Waals surface area contributed by atoms with Gasteiger partial charge in [-0.05, 0) is 38.2 Å². The molecular weight excluding hydrogens is 244 g/mol. The maximum Gasteiger partial charge on any atom is 0.315 e. The van der Waals surface area contributed by atoms with E-state index in [2.05, 4.69) is 15.7 Å². The summed E-state index contributed by atoms with van der Waals surface area (Å²) in [6.45, 7) is 1.45. The molecule has 0 unspecified atom stereocenters. The highest BCUT2D eigenvalue weighted by Crippen LogP contribution is 2.17. The smallest absolute Gasteiger partial charge is 0.315 e. The van der Waals surface area contributed by atoms with E-state index in [1.807, 2.05) is 16.9 Å². The molecule has 0 bridgehead atoms. The Bertz CT molecular complexity index is 372. The fourth-order valence-corrected chi connectivity index (χ4v) is 2.33. The molecule has 1 aliphatic rings. The number of carbonyl (C=O) groups is 1. The van der Waals surface area contributed by atoms with Gasteiger partial charge in [-0.2, -0.15) is 5.10 Å². The molecule has 1 aromatic rings. The van der Waals surface area contributed by atoms with Gasteiger partial charge in [-0.15, -0.1) is 0 Å². The third kappa shape index (κ3) is 4.90. The van der Waals surface area contributed by atoms with Crippen molar-refractivity contribution in [2.24, 2.45) is 0 Å². The van der Waals surface area contributed by atoms with Crippen molar-refractivity contribution in [3.05, 3.63) is 18.5 Å². The molecule has 0 atom stereocenters. The van der Waals surface area contributed by atoms with Gasteiger partial charge in [-0.3, -0.25) is 4.68 Å². The first-order chi connectivity index (χ1) is 9.24. The molecular formula is C13H22N4O2. The van der Waals surface area contributed by atoms with Gasteiger partial charge in [0, 0.05) is 31.5 Å². The lowest BCUT2D eigenvalue weighted by Gasteiger charge is -2.26. The molecule has 0 aromatic carbocycles. The Hall–Kier alpha value is -1.56. The summed E-state index contributed by atoms with van der Waals surface area (Å²) >= 11 is 0. The SMILES string of the molecule is O=C(NCCCn1cccn1)NC1CCC(O)CC1. The highest BCUT2D eigenvalue weighted by Gasteiger charge is 2.20. The molecule has 19 heavy (non-hydrogen) atoms. The lowest BCUT2D eigenvalue weighted by Crippen LogP contribution is -2.44. The van der Waals surface area contributed by atoms with Gasteiger partial charge in [0.05, 0.1) is 6.10 Å². The van der Waals surface area contributed by atoms with Gasteiger partial charge in [0.1, 0.15) is 0 Å². The van der Waals surface area contributed by atoms with Gasteiger partial charge < -0.3 is 15.7 Å². The van der Waals surface area contributed by atoms with Crippen LogP contribution < -0.4 is 10.6 Å². The molecule has 0 aliphatic heterocycles. The highest BCUT2D eigenvalue weighted by molar-refractivity contribution is 5.74. The molecule has 6 nitrogen and oxygen atoms in total. The van der Waals surface area contributed by atoms with Gasteiger partial charge in [-0.25, -0.2) is 4.79 Å². The number of urea groups is 1. The quantitative estimate of drug-likeness (QED) is 0.692. The number of hydrogen-bond donors (Lipinski definition) is 3. The van der Waals surface area contributed by atoms with Crippen molar-refractivity contribution in [3.8, 4) is 0 Å². The van der Waals surface area contributed by atoms with Crippen LogP contribution in [-0.4, -0.2) is 39.6 Å². The third-order valence-electron chi connectivity index (χ3n) is 3.44. The minimum Gasteiger partial charge on any atom is -0.393 e. The fourth-order valence-electron chi connectivity index (χ4n) is 2.33. The fraction of sp³-hybridized carbons (Fsp3) is 0.692. The summed E-state index contributed by atoms with van der Waals surface area (Å²) in [5, 5.41) is 19.3.